The van der Waals surface area contributed by atoms with E-state index >= 15 is 0 Å². The molecule has 1 atom stereocenters. The minimum absolute atomic E-state index is 0.200. The Bertz CT molecular complexity index is 777. The molecule has 3 nitrogen and oxygen atoms in total. The lowest BCUT2D eigenvalue weighted by atomic mass is 10.00. The second kappa shape index (κ2) is 5.62. The predicted octanol–water partition coefficient (Wildman–Crippen LogP) is 4.43. The molecule has 108 valence electrons. The summed E-state index contributed by atoms with van der Waals surface area (Å²) in [6, 6.07) is 14.8. The number of halogens is 1. The van der Waals surface area contributed by atoms with Crippen LogP contribution in [-0.2, 0) is 0 Å². The van der Waals surface area contributed by atoms with Gasteiger partial charge in [-0.25, -0.2) is 0 Å². The highest BCUT2D eigenvalue weighted by Crippen LogP contribution is 2.30. The van der Waals surface area contributed by atoms with Crippen LogP contribution in [0.15, 0.2) is 53.1 Å². The molecule has 0 fully saturated rings. The van der Waals surface area contributed by atoms with Crippen LogP contribution in [0.1, 0.15) is 37.2 Å². The van der Waals surface area contributed by atoms with E-state index in [1.807, 2.05) is 23.0 Å². The molecule has 0 aliphatic rings. The van der Waals surface area contributed by atoms with Gasteiger partial charge in [0.1, 0.15) is 0 Å². The summed E-state index contributed by atoms with van der Waals surface area (Å²) >= 11 is 3.57. The Morgan fingerprint density at radius 1 is 1.10 bits per heavy atom. The molecule has 1 heterocycles. The van der Waals surface area contributed by atoms with E-state index in [2.05, 4.69) is 65.2 Å². The summed E-state index contributed by atoms with van der Waals surface area (Å²) < 4.78 is 2.93. The number of nitrogens with two attached hydrogens (primary N) is 1. The molecule has 0 radical (unpaired) electrons. The molecule has 0 saturated heterocycles. The van der Waals surface area contributed by atoms with Gasteiger partial charge >= 0.3 is 0 Å². The maximum absolute atomic E-state index is 6.50. The number of rotatable bonds is 3. The topological polar surface area (TPSA) is 43.8 Å². The lowest BCUT2D eigenvalue weighted by Gasteiger charge is -2.18. The van der Waals surface area contributed by atoms with Crippen LogP contribution >= 0.6 is 15.9 Å². The first-order valence-electron chi connectivity index (χ1n) is 7.05. The van der Waals surface area contributed by atoms with Crippen molar-refractivity contribution >= 4 is 26.7 Å². The molecule has 3 rings (SSSR count). The van der Waals surface area contributed by atoms with Crippen molar-refractivity contribution in [2.24, 2.45) is 5.73 Å². The summed E-state index contributed by atoms with van der Waals surface area (Å²) in [6.45, 7) is 4.21. The Morgan fingerprint density at radius 3 is 2.52 bits per heavy atom. The van der Waals surface area contributed by atoms with Crippen molar-refractivity contribution < 1.29 is 0 Å². The third-order valence-electron chi connectivity index (χ3n) is 3.70. The fourth-order valence-corrected chi connectivity index (χ4v) is 3.13. The molecule has 2 N–H and O–H groups in total. The van der Waals surface area contributed by atoms with E-state index in [0.717, 1.165) is 15.7 Å². The van der Waals surface area contributed by atoms with Crippen molar-refractivity contribution in [1.29, 1.82) is 0 Å². The Balaban J connectivity index is 2.08. The van der Waals surface area contributed by atoms with Crippen LogP contribution < -0.4 is 5.73 Å². The summed E-state index contributed by atoms with van der Waals surface area (Å²) in [5, 5.41) is 6.85. The average molecular weight is 344 g/mol. The van der Waals surface area contributed by atoms with Gasteiger partial charge in [0, 0.05) is 6.04 Å². The smallest absolute Gasteiger partial charge is 0.0742 e. The maximum atomic E-state index is 6.50. The van der Waals surface area contributed by atoms with Gasteiger partial charge in [0.25, 0.3) is 0 Å². The number of hydrogen-bond donors (Lipinski definition) is 1. The van der Waals surface area contributed by atoms with Crippen molar-refractivity contribution in [3.05, 3.63) is 64.4 Å². The predicted molar refractivity (Wildman–Crippen MR) is 90.3 cm³/mol. The quantitative estimate of drug-likeness (QED) is 0.764. The van der Waals surface area contributed by atoms with Crippen molar-refractivity contribution in [2.45, 2.75) is 25.9 Å². The van der Waals surface area contributed by atoms with Crippen LogP contribution in [0.25, 0.3) is 10.8 Å². The maximum Gasteiger partial charge on any atom is 0.0742 e. The summed E-state index contributed by atoms with van der Waals surface area (Å²) in [6.07, 6.45) is 1.82. The van der Waals surface area contributed by atoms with Gasteiger partial charge in [0.2, 0.25) is 0 Å². The van der Waals surface area contributed by atoms with Gasteiger partial charge in [-0.2, -0.15) is 5.10 Å². The molecule has 21 heavy (non-hydrogen) atoms. The number of aromatic nitrogens is 2. The van der Waals surface area contributed by atoms with Crippen molar-refractivity contribution in [3.63, 3.8) is 0 Å². The van der Waals surface area contributed by atoms with Crippen molar-refractivity contribution in [1.82, 2.24) is 9.78 Å². The third kappa shape index (κ3) is 2.61. The normalized spacial score (nSPS) is 13.0. The molecular weight excluding hydrogens is 326 g/mol. The summed E-state index contributed by atoms with van der Waals surface area (Å²) in [4.78, 5) is 0. The van der Waals surface area contributed by atoms with Crippen LogP contribution in [0.3, 0.4) is 0 Å². The summed E-state index contributed by atoms with van der Waals surface area (Å²) in [5.74, 6) is 0. The molecule has 0 aliphatic carbocycles. The van der Waals surface area contributed by atoms with Gasteiger partial charge in [0.05, 0.1) is 22.4 Å². The molecule has 3 aromatic rings. The van der Waals surface area contributed by atoms with Gasteiger partial charge in [-0.1, -0.05) is 36.4 Å². The molecule has 0 aliphatic heterocycles. The minimum atomic E-state index is -0.200. The van der Waals surface area contributed by atoms with Crippen LogP contribution in [0, 0.1) is 0 Å². The van der Waals surface area contributed by atoms with Crippen molar-refractivity contribution in [3.8, 4) is 0 Å². The fourth-order valence-electron chi connectivity index (χ4n) is 2.61. The molecule has 1 aromatic heterocycles. The zero-order valence-electron chi connectivity index (χ0n) is 12.1. The molecule has 4 heteroatoms. The van der Waals surface area contributed by atoms with E-state index in [9.17, 15) is 0 Å². The molecule has 0 amide bonds. The zero-order chi connectivity index (χ0) is 15.0. The molecule has 2 aromatic carbocycles. The molecule has 0 spiro atoms. The van der Waals surface area contributed by atoms with Gasteiger partial charge in [-0.05, 0) is 52.2 Å². The van der Waals surface area contributed by atoms with E-state index in [1.54, 1.807) is 0 Å². The molecular formula is C17H18BrN3. The first kappa shape index (κ1) is 14.3. The largest absolute Gasteiger partial charge is 0.319 e. The number of nitrogens with zero attached hydrogens (tertiary/aromatic N) is 2. The van der Waals surface area contributed by atoms with Crippen LogP contribution in [-0.4, -0.2) is 9.78 Å². The highest BCUT2D eigenvalue weighted by atomic mass is 79.9. The monoisotopic (exact) mass is 343 g/mol. The minimum Gasteiger partial charge on any atom is -0.319 e. The second-order valence-electron chi connectivity index (χ2n) is 5.50. The Hall–Kier alpha value is -1.65. The van der Waals surface area contributed by atoms with Crippen LogP contribution in [0.5, 0.6) is 0 Å². The molecule has 0 saturated carbocycles. The highest BCUT2D eigenvalue weighted by molar-refractivity contribution is 9.10. The zero-order valence-corrected chi connectivity index (χ0v) is 13.7. The summed E-state index contributed by atoms with van der Waals surface area (Å²) in [7, 11) is 0. The van der Waals surface area contributed by atoms with E-state index in [0.29, 0.717) is 0 Å². The first-order valence-corrected chi connectivity index (χ1v) is 7.84. The van der Waals surface area contributed by atoms with E-state index in [-0.39, 0.29) is 12.1 Å². The number of fused-ring (bicyclic) bond motifs is 1. The lowest BCUT2D eigenvalue weighted by Crippen LogP contribution is -2.19. The second-order valence-corrected chi connectivity index (χ2v) is 6.35. The Labute approximate surface area is 132 Å². The number of hydrogen-bond acceptors (Lipinski definition) is 2. The fraction of sp³-hybridized carbons (Fsp3) is 0.235. The van der Waals surface area contributed by atoms with Crippen molar-refractivity contribution in [2.75, 3.05) is 0 Å². The summed E-state index contributed by atoms with van der Waals surface area (Å²) in [5.41, 5.74) is 8.61. The van der Waals surface area contributed by atoms with E-state index in [1.165, 1.54) is 10.8 Å². The average Bonchev–Trinajstić information content (AvgIpc) is 2.88. The Morgan fingerprint density at radius 2 is 1.81 bits per heavy atom. The van der Waals surface area contributed by atoms with E-state index < -0.39 is 0 Å². The van der Waals surface area contributed by atoms with Gasteiger partial charge in [-0.15, -0.1) is 0 Å². The lowest BCUT2D eigenvalue weighted by molar-refractivity contribution is 0.498. The number of benzene rings is 2. The molecule has 1 unspecified atom stereocenters. The first-order chi connectivity index (χ1) is 10.1. The standard InChI is InChI=1S/C17H18BrN3/c1-11(2)21-17(15(18)10-20-21)16(19)14-8-7-12-5-3-4-6-13(12)9-14/h3-11,16H,19H2,1-2H3. The van der Waals surface area contributed by atoms with Crippen LogP contribution in [0.4, 0.5) is 0 Å². The molecule has 0 bridgehead atoms. The SMILES string of the molecule is CC(C)n1ncc(Br)c1C(N)c1ccc2ccccc2c1. The van der Waals surface area contributed by atoms with Gasteiger partial charge < -0.3 is 5.73 Å². The van der Waals surface area contributed by atoms with E-state index in [4.69, 9.17) is 5.73 Å². The third-order valence-corrected chi connectivity index (χ3v) is 4.31. The highest BCUT2D eigenvalue weighted by Gasteiger charge is 2.19. The van der Waals surface area contributed by atoms with Crippen LogP contribution in [0.2, 0.25) is 0 Å². The van der Waals surface area contributed by atoms with Gasteiger partial charge in [0.15, 0.2) is 0 Å². The van der Waals surface area contributed by atoms with Gasteiger partial charge in [-0.3, -0.25) is 4.68 Å². The Kier molecular flexibility index (Phi) is 3.83.